The van der Waals surface area contributed by atoms with Crippen molar-refractivity contribution in [2.75, 3.05) is 5.75 Å². The molecule has 1 rings (SSSR count). The lowest BCUT2D eigenvalue weighted by Crippen LogP contribution is -2.34. The van der Waals surface area contributed by atoms with Gasteiger partial charge in [0, 0.05) is 17.0 Å². The summed E-state index contributed by atoms with van der Waals surface area (Å²) in [5.41, 5.74) is 5.82. The van der Waals surface area contributed by atoms with Crippen molar-refractivity contribution in [3.8, 4) is 0 Å². The van der Waals surface area contributed by atoms with Crippen molar-refractivity contribution in [2.24, 2.45) is 11.7 Å². The Morgan fingerprint density at radius 1 is 1.60 bits per heavy atom. The monoisotopic (exact) mass is 159 g/mol. The highest BCUT2D eigenvalue weighted by molar-refractivity contribution is 8.00. The largest absolute Gasteiger partial charge is 0.327 e. The number of rotatable bonds is 1. The van der Waals surface area contributed by atoms with E-state index in [0.717, 1.165) is 11.2 Å². The first kappa shape index (κ1) is 8.41. The summed E-state index contributed by atoms with van der Waals surface area (Å²) in [5, 5.41) is 0.875. The van der Waals surface area contributed by atoms with E-state index in [1.807, 2.05) is 0 Å². The highest BCUT2D eigenvalue weighted by Crippen LogP contribution is 2.31. The predicted octanol–water partition coefficient (Wildman–Crippen LogP) is 1.87. The molecule has 60 valence electrons. The maximum absolute atomic E-state index is 5.82. The van der Waals surface area contributed by atoms with Crippen LogP contribution in [0, 0.1) is 5.92 Å². The summed E-state index contributed by atoms with van der Waals surface area (Å²) in [7, 11) is 0. The van der Waals surface area contributed by atoms with Crippen LogP contribution in [0.1, 0.15) is 26.7 Å². The molecule has 3 atom stereocenters. The fourth-order valence-corrected chi connectivity index (χ4v) is 2.93. The molecule has 0 saturated carbocycles. The smallest absolute Gasteiger partial charge is 0.0133 e. The summed E-state index contributed by atoms with van der Waals surface area (Å²) in [4.78, 5) is 0. The van der Waals surface area contributed by atoms with Gasteiger partial charge in [-0.15, -0.1) is 0 Å². The quantitative estimate of drug-likeness (QED) is 0.632. The predicted molar refractivity (Wildman–Crippen MR) is 48.3 cm³/mol. The molecule has 3 unspecified atom stereocenters. The highest BCUT2D eigenvalue weighted by Gasteiger charge is 2.24. The number of nitrogens with two attached hydrogens (primary N) is 1. The second-order valence-corrected chi connectivity index (χ2v) is 4.53. The molecular formula is C8H17NS. The fourth-order valence-electron chi connectivity index (χ4n) is 1.63. The lowest BCUT2D eigenvalue weighted by Gasteiger charge is -2.31. The minimum Gasteiger partial charge on any atom is -0.327 e. The Bertz CT molecular complexity index is 105. The first-order valence-corrected chi connectivity index (χ1v) is 5.16. The maximum Gasteiger partial charge on any atom is 0.0133 e. The van der Waals surface area contributed by atoms with E-state index in [4.69, 9.17) is 5.73 Å². The Labute approximate surface area is 67.8 Å². The Morgan fingerprint density at radius 3 is 2.80 bits per heavy atom. The molecule has 1 fully saturated rings. The van der Waals surface area contributed by atoms with Crippen LogP contribution >= 0.6 is 11.8 Å². The van der Waals surface area contributed by atoms with Crippen molar-refractivity contribution in [1.29, 1.82) is 0 Å². The van der Waals surface area contributed by atoms with Crippen LogP contribution in [0.5, 0.6) is 0 Å². The van der Waals surface area contributed by atoms with E-state index in [-0.39, 0.29) is 0 Å². The van der Waals surface area contributed by atoms with E-state index in [1.165, 1.54) is 18.6 Å². The summed E-state index contributed by atoms with van der Waals surface area (Å²) in [6.45, 7) is 4.59. The van der Waals surface area contributed by atoms with Gasteiger partial charge in [-0.05, 0) is 18.8 Å². The third kappa shape index (κ3) is 1.89. The molecule has 0 aliphatic carbocycles. The van der Waals surface area contributed by atoms with Crippen molar-refractivity contribution in [2.45, 2.75) is 38.0 Å². The molecular weight excluding hydrogens is 142 g/mol. The van der Waals surface area contributed by atoms with Crippen molar-refractivity contribution < 1.29 is 0 Å². The van der Waals surface area contributed by atoms with Crippen LogP contribution in [0.3, 0.4) is 0 Å². The third-order valence-corrected chi connectivity index (χ3v) is 4.08. The van der Waals surface area contributed by atoms with E-state index < -0.39 is 0 Å². The van der Waals surface area contributed by atoms with Crippen molar-refractivity contribution in [3.63, 3.8) is 0 Å². The van der Waals surface area contributed by atoms with Crippen LogP contribution in [-0.2, 0) is 0 Å². The lowest BCUT2D eigenvalue weighted by molar-refractivity contribution is 0.444. The summed E-state index contributed by atoms with van der Waals surface area (Å²) < 4.78 is 0. The van der Waals surface area contributed by atoms with Gasteiger partial charge in [-0.1, -0.05) is 13.8 Å². The molecule has 1 heterocycles. The molecule has 10 heavy (non-hydrogen) atoms. The first-order valence-electron chi connectivity index (χ1n) is 4.11. The second kappa shape index (κ2) is 3.63. The van der Waals surface area contributed by atoms with E-state index in [0.29, 0.717) is 6.04 Å². The molecule has 0 amide bonds. The van der Waals surface area contributed by atoms with Crippen LogP contribution in [0.2, 0.25) is 0 Å². The molecule has 0 aromatic carbocycles. The van der Waals surface area contributed by atoms with E-state index in [2.05, 4.69) is 25.6 Å². The van der Waals surface area contributed by atoms with Crippen molar-refractivity contribution in [3.05, 3.63) is 0 Å². The van der Waals surface area contributed by atoms with Gasteiger partial charge < -0.3 is 5.73 Å². The molecule has 0 radical (unpaired) electrons. The average Bonchev–Trinajstić information content (AvgIpc) is 1.88. The van der Waals surface area contributed by atoms with Gasteiger partial charge in [-0.25, -0.2) is 0 Å². The molecule has 2 N–H and O–H groups in total. The Balaban J connectivity index is 2.36. The highest BCUT2D eigenvalue weighted by atomic mass is 32.2. The lowest BCUT2D eigenvalue weighted by atomic mass is 9.97. The SMILES string of the molecule is CCC1SCC(N)CC1C. The molecule has 0 spiro atoms. The standard InChI is InChI=1S/C8H17NS/c1-3-8-6(2)4-7(9)5-10-8/h6-8H,3-5,9H2,1-2H3. The minimum atomic E-state index is 0.461. The third-order valence-electron chi connectivity index (χ3n) is 2.24. The van der Waals surface area contributed by atoms with Gasteiger partial charge in [0.25, 0.3) is 0 Å². The van der Waals surface area contributed by atoms with Gasteiger partial charge in [0.05, 0.1) is 0 Å². The molecule has 1 nitrogen and oxygen atoms in total. The van der Waals surface area contributed by atoms with E-state index in [1.54, 1.807) is 0 Å². The summed E-state index contributed by atoms with van der Waals surface area (Å²) in [6, 6.07) is 0.461. The van der Waals surface area contributed by atoms with Gasteiger partial charge >= 0.3 is 0 Å². The van der Waals surface area contributed by atoms with Crippen molar-refractivity contribution >= 4 is 11.8 Å². The zero-order valence-corrected chi connectivity index (χ0v) is 7.66. The molecule has 1 aliphatic heterocycles. The topological polar surface area (TPSA) is 26.0 Å². The molecule has 0 bridgehead atoms. The normalized spacial score (nSPS) is 41.7. The van der Waals surface area contributed by atoms with E-state index in [9.17, 15) is 0 Å². The summed E-state index contributed by atoms with van der Waals surface area (Å²) >= 11 is 2.05. The molecule has 1 saturated heterocycles. The summed E-state index contributed by atoms with van der Waals surface area (Å²) in [6.07, 6.45) is 2.53. The molecule has 0 aromatic rings. The Morgan fingerprint density at radius 2 is 2.30 bits per heavy atom. The van der Waals surface area contributed by atoms with Crippen LogP contribution in [0.25, 0.3) is 0 Å². The zero-order chi connectivity index (χ0) is 7.56. The molecule has 2 heteroatoms. The molecule has 1 aliphatic rings. The Kier molecular flexibility index (Phi) is 3.05. The first-order chi connectivity index (χ1) is 4.74. The molecule has 0 aromatic heterocycles. The zero-order valence-electron chi connectivity index (χ0n) is 6.84. The van der Waals surface area contributed by atoms with Gasteiger partial charge in [0.2, 0.25) is 0 Å². The van der Waals surface area contributed by atoms with Crippen LogP contribution in [-0.4, -0.2) is 17.0 Å². The number of hydrogen-bond donors (Lipinski definition) is 1. The summed E-state index contributed by atoms with van der Waals surface area (Å²) in [5.74, 6) is 2.00. The number of hydrogen-bond acceptors (Lipinski definition) is 2. The second-order valence-electron chi connectivity index (χ2n) is 3.25. The maximum atomic E-state index is 5.82. The van der Waals surface area contributed by atoms with Crippen LogP contribution in [0.15, 0.2) is 0 Å². The fraction of sp³-hybridized carbons (Fsp3) is 1.00. The minimum absolute atomic E-state index is 0.461. The van der Waals surface area contributed by atoms with Gasteiger partial charge in [0.15, 0.2) is 0 Å². The van der Waals surface area contributed by atoms with E-state index >= 15 is 0 Å². The Hall–Kier alpha value is 0.310. The van der Waals surface area contributed by atoms with Crippen LogP contribution < -0.4 is 5.73 Å². The number of thioether (sulfide) groups is 1. The van der Waals surface area contributed by atoms with Gasteiger partial charge in [0.1, 0.15) is 0 Å². The average molecular weight is 159 g/mol. The van der Waals surface area contributed by atoms with Gasteiger partial charge in [-0.3, -0.25) is 0 Å². The van der Waals surface area contributed by atoms with Crippen LogP contribution in [0.4, 0.5) is 0 Å². The van der Waals surface area contributed by atoms with Crippen molar-refractivity contribution in [1.82, 2.24) is 0 Å². The van der Waals surface area contributed by atoms with Gasteiger partial charge in [-0.2, -0.15) is 11.8 Å².